The van der Waals surface area contributed by atoms with Crippen molar-refractivity contribution in [3.05, 3.63) is 65.2 Å². The van der Waals surface area contributed by atoms with Crippen molar-refractivity contribution in [1.82, 2.24) is 10.2 Å². The number of aryl methyl sites for hydroxylation is 2. The number of nitrogens with one attached hydrogen (secondary N) is 2. The first-order valence-electron chi connectivity index (χ1n) is 8.21. The lowest BCUT2D eigenvalue weighted by Gasteiger charge is -2.04. The Morgan fingerprint density at radius 2 is 1.78 bits per heavy atom. The summed E-state index contributed by atoms with van der Waals surface area (Å²) in [6.45, 7) is 3.96. The monoisotopic (exact) mass is 398 g/mol. The molecule has 1 heterocycles. The van der Waals surface area contributed by atoms with E-state index in [1.807, 2.05) is 56.3 Å². The maximum atomic E-state index is 12.3. The number of para-hydroxylation sites is 1. The first-order valence-corrected chi connectivity index (χ1v) is 10.0. The molecule has 0 aliphatic rings. The van der Waals surface area contributed by atoms with Crippen molar-refractivity contribution in [3.8, 4) is 0 Å². The van der Waals surface area contributed by atoms with Gasteiger partial charge in [-0.05, 0) is 49.2 Å². The summed E-state index contributed by atoms with van der Waals surface area (Å²) in [6.07, 6.45) is 0. The first-order chi connectivity index (χ1) is 13.0. The topological polar surface area (TPSA) is 84.0 Å². The van der Waals surface area contributed by atoms with E-state index in [2.05, 4.69) is 20.8 Å². The first kappa shape index (κ1) is 19.1. The summed E-state index contributed by atoms with van der Waals surface area (Å²) in [7, 11) is 0. The van der Waals surface area contributed by atoms with Crippen LogP contribution in [0.25, 0.3) is 0 Å². The molecule has 0 fully saturated rings. The lowest BCUT2D eigenvalue weighted by atomic mass is 10.1. The van der Waals surface area contributed by atoms with Crippen LogP contribution in [0.15, 0.2) is 52.9 Å². The smallest absolute Gasteiger partial charge is 0.257 e. The minimum atomic E-state index is -0.229. The fourth-order valence-electron chi connectivity index (χ4n) is 2.22. The second-order valence-electron chi connectivity index (χ2n) is 5.83. The number of hydrogen-bond donors (Lipinski definition) is 2. The van der Waals surface area contributed by atoms with Gasteiger partial charge in [-0.25, -0.2) is 0 Å². The fraction of sp³-hybridized carbons (Fsp3) is 0.158. The molecule has 3 aromatic rings. The van der Waals surface area contributed by atoms with Gasteiger partial charge in [-0.3, -0.25) is 14.9 Å². The molecule has 0 spiro atoms. The van der Waals surface area contributed by atoms with E-state index in [1.165, 1.54) is 23.1 Å². The Morgan fingerprint density at radius 1 is 1.00 bits per heavy atom. The van der Waals surface area contributed by atoms with E-state index < -0.39 is 0 Å². The Morgan fingerprint density at radius 3 is 2.52 bits per heavy atom. The van der Waals surface area contributed by atoms with Crippen LogP contribution >= 0.6 is 23.1 Å². The third-order valence-electron chi connectivity index (χ3n) is 3.78. The Kier molecular flexibility index (Phi) is 6.20. The molecule has 0 radical (unpaired) electrons. The molecule has 0 saturated heterocycles. The van der Waals surface area contributed by atoms with Crippen molar-refractivity contribution < 1.29 is 9.59 Å². The van der Waals surface area contributed by atoms with Gasteiger partial charge in [0.2, 0.25) is 11.0 Å². The highest BCUT2D eigenvalue weighted by Gasteiger charge is 2.12. The molecule has 6 nitrogen and oxygen atoms in total. The number of anilines is 2. The molecule has 0 unspecified atom stereocenters. The summed E-state index contributed by atoms with van der Waals surface area (Å²) in [4.78, 5) is 24.3. The number of hydrogen-bond acceptors (Lipinski definition) is 6. The average Bonchev–Trinajstić information content (AvgIpc) is 3.10. The van der Waals surface area contributed by atoms with Crippen LogP contribution in [-0.4, -0.2) is 27.8 Å². The summed E-state index contributed by atoms with van der Waals surface area (Å²) in [5.41, 5.74) is 3.52. The van der Waals surface area contributed by atoms with Gasteiger partial charge < -0.3 is 5.32 Å². The van der Waals surface area contributed by atoms with Crippen molar-refractivity contribution in [2.24, 2.45) is 0 Å². The van der Waals surface area contributed by atoms with Crippen molar-refractivity contribution in [3.63, 3.8) is 0 Å². The van der Waals surface area contributed by atoms with Gasteiger partial charge in [0.05, 0.1) is 5.75 Å². The second-order valence-corrected chi connectivity index (χ2v) is 8.03. The quantitative estimate of drug-likeness (QED) is 0.482. The molecule has 0 aliphatic heterocycles. The molecule has 8 heteroatoms. The molecule has 0 aliphatic carbocycles. The Balaban J connectivity index is 1.52. The maximum Gasteiger partial charge on any atom is 0.257 e. The normalized spacial score (nSPS) is 10.4. The number of amides is 2. The second kappa shape index (κ2) is 8.79. The van der Waals surface area contributed by atoms with Crippen molar-refractivity contribution >= 4 is 45.7 Å². The Labute approximate surface area is 165 Å². The van der Waals surface area contributed by atoms with E-state index in [0.717, 1.165) is 16.8 Å². The predicted molar refractivity (Wildman–Crippen MR) is 110 cm³/mol. The molecule has 0 saturated carbocycles. The number of carbonyl (C=O) groups is 2. The van der Waals surface area contributed by atoms with E-state index in [9.17, 15) is 9.59 Å². The highest BCUT2D eigenvalue weighted by atomic mass is 32.2. The van der Waals surface area contributed by atoms with Gasteiger partial charge in [-0.1, -0.05) is 47.4 Å². The minimum Gasteiger partial charge on any atom is -0.325 e. The highest BCUT2D eigenvalue weighted by molar-refractivity contribution is 8.01. The predicted octanol–water partition coefficient (Wildman–Crippen LogP) is 4.14. The SMILES string of the molecule is Cc1ccc(C(=O)Nc2nnc(SCC(=O)Nc3ccccc3)s2)cc1C. The van der Waals surface area contributed by atoms with Gasteiger partial charge in [-0.2, -0.15) is 0 Å². The van der Waals surface area contributed by atoms with Crippen LogP contribution in [0.2, 0.25) is 0 Å². The molecule has 2 aromatic carbocycles. The van der Waals surface area contributed by atoms with E-state index in [-0.39, 0.29) is 17.6 Å². The van der Waals surface area contributed by atoms with Crippen LogP contribution in [0.1, 0.15) is 21.5 Å². The molecule has 2 N–H and O–H groups in total. The zero-order chi connectivity index (χ0) is 19.2. The van der Waals surface area contributed by atoms with Crippen LogP contribution in [0.3, 0.4) is 0 Å². The zero-order valence-electron chi connectivity index (χ0n) is 14.9. The molecule has 2 amide bonds. The summed E-state index contributed by atoms with van der Waals surface area (Å²) in [5.74, 6) is -0.135. The number of benzene rings is 2. The summed E-state index contributed by atoms with van der Waals surface area (Å²) in [6, 6.07) is 14.8. The van der Waals surface area contributed by atoms with Gasteiger partial charge in [-0.15, -0.1) is 10.2 Å². The molecular weight excluding hydrogens is 380 g/mol. The van der Waals surface area contributed by atoms with Crippen LogP contribution < -0.4 is 10.6 Å². The lowest BCUT2D eigenvalue weighted by molar-refractivity contribution is -0.113. The van der Waals surface area contributed by atoms with E-state index in [0.29, 0.717) is 15.0 Å². The van der Waals surface area contributed by atoms with Crippen molar-refractivity contribution in [1.29, 1.82) is 0 Å². The zero-order valence-corrected chi connectivity index (χ0v) is 16.5. The number of carbonyl (C=O) groups excluding carboxylic acids is 2. The highest BCUT2D eigenvalue weighted by Crippen LogP contribution is 2.26. The van der Waals surface area contributed by atoms with Gasteiger partial charge >= 0.3 is 0 Å². The van der Waals surface area contributed by atoms with Crippen LogP contribution in [-0.2, 0) is 4.79 Å². The summed E-state index contributed by atoms with van der Waals surface area (Å²) >= 11 is 2.52. The third kappa shape index (κ3) is 5.38. The van der Waals surface area contributed by atoms with E-state index >= 15 is 0 Å². The molecule has 138 valence electrons. The standard InChI is InChI=1S/C19H18N4O2S2/c1-12-8-9-14(10-13(12)2)17(25)21-18-22-23-19(27-18)26-11-16(24)20-15-6-4-3-5-7-15/h3-10H,11H2,1-2H3,(H,20,24)(H,21,22,25). The van der Waals surface area contributed by atoms with Crippen molar-refractivity contribution in [2.45, 2.75) is 18.2 Å². The van der Waals surface area contributed by atoms with Crippen molar-refractivity contribution in [2.75, 3.05) is 16.4 Å². The molecular formula is C19H18N4O2S2. The van der Waals surface area contributed by atoms with E-state index in [4.69, 9.17) is 0 Å². The number of aromatic nitrogens is 2. The van der Waals surface area contributed by atoms with Crippen LogP contribution in [0, 0.1) is 13.8 Å². The summed E-state index contributed by atoms with van der Waals surface area (Å²) < 4.78 is 0.619. The molecule has 27 heavy (non-hydrogen) atoms. The molecule has 0 atom stereocenters. The van der Waals surface area contributed by atoms with Gasteiger partial charge in [0.25, 0.3) is 5.91 Å². The third-order valence-corrected chi connectivity index (χ3v) is 5.75. The maximum absolute atomic E-state index is 12.3. The summed E-state index contributed by atoms with van der Waals surface area (Å²) in [5, 5.41) is 13.9. The lowest BCUT2D eigenvalue weighted by Crippen LogP contribution is -2.13. The number of thioether (sulfide) groups is 1. The van der Waals surface area contributed by atoms with Gasteiger partial charge in [0.1, 0.15) is 0 Å². The minimum absolute atomic E-state index is 0.123. The Bertz CT molecular complexity index is 957. The average molecular weight is 399 g/mol. The molecule has 1 aromatic heterocycles. The van der Waals surface area contributed by atoms with Gasteiger partial charge in [0.15, 0.2) is 4.34 Å². The van der Waals surface area contributed by atoms with Gasteiger partial charge in [0, 0.05) is 11.3 Å². The fourth-order valence-corrected chi connectivity index (χ4v) is 3.76. The Hall–Kier alpha value is -2.71. The van der Waals surface area contributed by atoms with Crippen LogP contribution in [0.5, 0.6) is 0 Å². The molecule has 3 rings (SSSR count). The number of rotatable bonds is 6. The van der Waals surface area contributed by atoms with Crippen LogP contribution in [0.4, 0.5) is 10.8 Å². The number of nitrogens with zero attached hydrogens (tertiary/aromatic N) is 2. The van der Waals surface area contributed by atoms with E-state index in [1.54, 1.807) is 6.07 Å². The molecule has 0 bridgehead atoms. The largest absolute Gasteiger partial charge is 0.325 e.